The first-order valence-electron chi connectivity index (χ1n) is 12.9. The lowest BCUT2D eigenvalue weighted by Crippen LogP contribution is -2.42. The van der Waals surface area contributed by atoms with Crippen molar-refractivity contribution in [3.8, 4) is 0 Å². The number of nitrogens with zero attached hydrogens (tertiary/aromatic N) is 2. The van der Waals surface area contributed by atoms with Crippen molar-refractivity contribution >= 4 is 23.8 Å². The molecule has 1 saturated heterocycles. The summed E-state index contributed by atoms with van der Waals surface area (Å²) in [5.74, 6) is -1.35. The third-order valence-electron chi connectivity index (χ3n) is 7.11. The molecular weight excluding hydrogens is 488 g/mol. The van der Waals surface area contributed by atoms with Crippen LogP contribution < -0.4 is 10.6 Å². The van der Waals surface area contributed by atoms with Crippen molar-refractivity contribution in [1.82, 2.24) is 15.2 Å². The van der Waals surface area contributed by atoms with Crippen LogP contribution in [0.5, 0.6) is 0 Å². The molecule has 3 rings (SSSR count). The zero-order valence-corrected chi connectivity index (χ0v) is 22.3. The molecule has 0 bridgehead atoms. The van der Waals surface area contributed by atoms with Crippen LogP contribution in [0.1, 0.15) is 39.2 Å². The summed E-state index contributed by atoms with van der Waals surface area (Å²) in [7, 11) is 0. The lowest BCUT2D eigenvalue weighted by molar-refractivity contribution is -0.146. The Bertz CT molecular complexity index is 1050. The minimum atomic E-state index is -0.943. The number of amides is 2. The van der Waals surface area contributed by atoms with E-state index >= 15 is 0 Å². The van der Waals surface area contributed by atoms with Crippen molar-refractivity contribution in [2.75, 3.05) is 31.6 Å². The monoisotopic (exact) mass is 526 g/mol. The number of anilines is 1. The van der Waals surface area contributed by atoms with E-state index in [1.807, 2.05) is 69.3 Å². The number of hydrogen-bond acceptors (Lipinski definition) is 7. The Morgan fingerprint density at radius 3 is 2.55 bits per heavy atom. The summed E-state index contributed by atoms with van der Waals surface area (Å²) in [5, 5.41) is 15.5. The minimum Gasteiger partial charge on any atom is -0.481 e. The molecule has 1 fully saturated rings. The Balaban J connectivity index is 1.55. The molecular formula is C28H38N4O6. The third kappa shape index (κ3) is 8.44. The molecule has 206 valence electrons. The second-order valence-electron chi connectivity index (χ2n) is 10.1. The molecule has 0 spiro atoms. The summed E-state index contributed by atoms with van der Waals surface area (Å²) >= 11 is 0. The molecule has 3 N–H and O–H groups in total. The summed E-state index contributed by atoms with van der Waals surface area (Å²) in [6.45, 7) is 6.34. The molecule has 2 amide bonds. The number of nitrogens with one attached hydrogen (secondary N) is 2. The zero-order chi connectivity index (χ0) is 27.5. The molecule has 1 aliphatic rings. The number of aliphatic carboxylic acids is 1. The van der Waals surface area contributed by atoms with Crippen LogP contribution in [0.3, 0.4) is 0 Å². The number of carbonyl (C=O) groups is 3. The van der Waals surface area contributed by atoms with E-state index < -0.39 is 29.3 Å². The summed E-state index contributed by atoms with van der Waals surface area (Å²) in [5.41, 5.74) is 0.429. The van der Waals surface area contributed by atoms with Crippen LogP contribution in [0.25, 0.3) is 0 Å². The number of benzene rings is 1. The third-order valence-corrected chi connectivity index (χ3v) is 7.11. The molecule has 1 aromatic carbocycles. The van der Waals surface area contributed by atoms with Gasteiger partial charge in [-0.25, -0.2) is 9.78 Å². The van der Waals surface area contributed by atoms with Gasteiger partial charge in [-0.2, -0.15) is 0 Å². The van der Waals surface area contributed by atoms with E-state index in [4.69, 9.17) is 9.47 Å². The van der Waals surface area contributed by atoms with Gasteiger partial charge in [-0.15, -0.1) is 0 Å². The number of rotatable bonds is 13. The van der Waals surface area contributed by atoms with Gasteiger partial charge in [-0.1, -0.05) is 63.6 Å². The Kier molecular flexibility index (Phi) is 10.5. The highest BCUT2D eigenvalue weighted by atomic mass is 16.6. The lowest BCUT2D eigenvalue weighted by Gasteiger charge is -2.30. The van der Waals surface area contributed by atoms with E-state index in [9.17, 15) is 19.5 Å². The fourth-order valence-electron chi connectivity index (χ4n) is 4.31. The Morgan fingerprint density at radius 2 is 1.89 bits per heavy atom. The van der Waals surface area contributed by atoms with E-state index in [1.54, 1.807) is 11.1 Å². The van der Waals surface area contributed by atoms with Gasteiger partial charge in [0.2, 0.25) is 5.91 Å². The number of aromatic nitrogens is 1. The molecule has 10 heteroatoms. The lowest BCUT2D eigenvalue weighted by atomic mass is 9.76. The number of carbonyl (C=O) groups excluding carboxylic acids is 2. The Hall–Kier alpha value is -3.66. The smallest absolute Gasteiger partial charge is 0.410 e. The molecule has 3 atom stereocenters. The van der Waals surface area contributed by atoms with Crippen molar-refractivity contribution in [3.63, 3.8) is 0 Å². The van der Waals surface area contributed by atoms with Gasteiger partial charge >= 0.3 is 12.1 Å². The highest BCUT2D eigenvalue weighted by molar-refractivity contribution is 5.78. The second kappa shape index (κ2) is 13.8. The zero-order valence-electron chi connectivity index (χ0n) is 22.3. The first-order chi connectivity index (χ1) is 18.2. The average Bonchev–Trinajstić information content (AvgIpc) is 3.33. The minimum absolute atomic E-state index is 0.0254. The molecule has 0 aliphatic carbocycles. The van der Waals surface area contributed by atoms with E-state index in [0.717, 1.165) is 5.56 Å². The van der Waals surface area contributed by atoms with Gasteiger partial charge in [0.05, 0.1) is 24.6 Å². The van der Waals surface area contributed by atoms with Gasteiger partial charge in [-0.05, 0) is 29.5 Å². The van der Waals surface area contributed by atoms with Gasteiger partial charge < -0.3 is 30.1 Å². The molecule has 0 radical (unpaired) electrons. The van der Waals surface area contributed by atoms with E-state index in [-0.39, 0.29) is 38.4 Å². The van der Waals surface area contributed by atoms with Crippen molar-refractivity contribution in [2.24, 2.45) is 11.3 Å². The number of hydrogen-bond donors (Lipinski definition) is 3. The number of carboxylic acids is 1. The summed E-state index contributed by atoms with van der Waals surface area (Å²) in [4.78, 5) is 43.0. The summed E-state index contributed by atoms with van der Waals surface area (Å²) < 4.78 is 11.4. The van der Waals surface area contributed by atoms with Crippen LogP contribution >= 0.6 is 0 Å². The van der Waals surface area contributed by atoms with Gasteiger partial charge in [0.25, 0.3) is 0 Å². The average molecular weight is 527 g/mol. The van der Waals surface area contributed by atoms with Gasteiger partial charge in [-0.3, -0.25) is 9.59 Å². The number of carboxylic acid groups (broad SMARTS) is 1. The van der Waals surface area contributed by atoms with Crippen LogP contribution in [0, 0.1) is 11.3 Å². The molecule has 10 nitrogen and oxygen atoms in total. The number of pyridine rings is 1. The predicted molar refractivity (Wildman–Crippen MR) is 142 cm³/mol. The standard InChI is InChI=1S/C28H38N4O6/c1-4-28(2,3)23(26(34)35)16-31-25(33)19-37-22-14-21(15-30-24-12-8-9-13-29-24)32(17-22)27(36)38-18-20-10-6-5-7-11-20/h5-13,21-23H,4,14-19H2,1-3H3,(H,29,30)(H,31,33)(H,34,35). The van der Waals surface area contributed by atoms with E-state index in [1.165, 1.54) is 0 Å². The fraction of sp³-hybridized carbons (Fsp3) is 0.500. The first-order valence-corrected chi connectivity index (χ1v) is 12.9. The second-order valence-corrected chi connectivity index (χ2v) is 10.1. The quantitative estimate of drug-likeness (QED) is 0.361. The van der Waals surface area contributed by atoms with Crippen LogP contribution in [0.15, 0.2) is 54.7 Å². The molecule has 1 aromatic heterocycles. The van der Waals surface area contributed by atoms with Gasteiger partial charge in [0.1, 0.15) is 19.0 Å². The van der Waals surface area contributed by atoms with Crippen LogP contribution in [0.2, 0.25) is 0 Å². The molecule has 0 saturated carbocycles. The molecule has 2 heterocycles. The van der Waals surface area contributed by atoms with Crippen molar-refractivity contribution in [2.45, 2.75) is 52.4 Å². The van der Waals surface area contributed by atoms with Crippen molar-refractivity contribution < 1.29 is 29.0 Å². The SMILES string of the molecule is CCC(C)(C)C(CNC(=O)COC1CC(CNc2ccccn2)N(C(=O)OCc2ccccc2)C1)C(=O)O. The van der Waals surface area contributed by atoms with Gasteiger partial charge in [0, 0.05) is 19.3 Å². The molecule has 3 unspecified atom stereocenters. The highest BCUT2D eigenvalue weighted by Gasteiger charge is 2.37. The maximum absolute atomic E-state index is 13.0. The summed E-state index contributed by atoms with van der Waals surface area (Å²) in [6.07, 6.45) is 2.03. The van der Waals surface area contributed by atoms with Crippen LogP contribution in [0.4, 0.5) is 10.6 Å². The number of likely N-dealkylation sites (tertiary alicyclic amines) is 1. The molecule has 38 heavy (non-hydrogen) atoms. The van der Waals surface area contributed by atoms with E-state index in [2.05, 4.69) is 15.6 Å². The van der Waals surface area contributed by atoms with Crippen molar-refractivity contribution in [3.05, 3.63) is 60.3 Å². The first kappa shape index (κ1) is 28.9. The molecule has 2 aromatic rings. The van der Waals surface area contributed by atoms with Crippen molar-refractivity contribution in [1.29, 1.82) is 0 Å². The maximum atomic E-state index is 13.0. The largest absolute Gasteiger partial charge is 0.481 e. The van der Waals surface area contributed by atoms with Gasteiger partial charge in [0.15, 0.2) is 0 Å². The topological polar surface area (TPSA) is 130 Å². The Morgan fingerprint density at radius 1 is 1.16 bits per heavy atom. The molecule has 1 aliphatic heterocycles. The normalized spacial score (nSPS) is 18.0. The highest BCUT2D eigenvalue weighted by Crippen LogP contribution is 2.30. The predicted octanol–water partition coefficient (Wildman–Crippen LogP) is 3.54. The summed E-state index contributed by atoms with van der Waals surface area (Å²) in [6, 6.07) is 14.8. The maximum Gasteiger partial charge on any atom is 0.410 e. The number of ether oxygens (including phenoxy) is 2. The fourth-order valence-corrected chi connectivity index (χ4v) is 4.31. The van der Waals surface area contributed by atoms with Crippen LogP contribution in [-0.4, -0.2) is 71.3 Å². The van der Waals surface area contributed by atoms with E-state index in [0.29, 0.717) is 25.2 Å². The van der Waals surface area contributed by atoms with Crippen LogP contribution in [-0.2, 0) is 25.7 Å². The Labute approximate surface area is 223 Å².